The second kappa shape index (κ2) is 10.4. The van der Waals surface area contributed by atoms with E-state index < -0.39 is 68.6 Å². The zero-order valence-electron chi connectivity index (χ0n) is 20.8. The van der Waals surface area contributed by atoms with Crippen molar-refractivity contribution in [3.05, 3.63) is 12.4 Å². The van der Waals surface area contributed by atoms with E-state index >= 15 is 0 Å². The van der Waals surface area contributed by atoms with Crippen molar-refractivity contribution < 1.29 is 52.0 Å². The summed E-state index contributed by atoms with van der Waals surface area (Å²) in [7, 11) is -2.30. The number of aliphatic hydroxyl groups excluding tert-OH is 1. The lowest BCUT2D eigenvalue weighted by molar-refractivity contribution is -0.143. The van der Waals surface area contributed by atoms with E-state index in [9.17, 15) is 28.8 Å². The summed E-state index contributed by atoms with van der Waals surface area (Å²) in [5.41, 5.74) is 3.52. The van der Waals surface area contributed by atoms with E-state index in [0.29, 0.717) is 0 Å². The molecule has 0 amide bonds. The highest BCUT2D eigenvalue weighted by Crippen LogP contribution is 2.61. The molecule has 1 aliphatic heterocycles. The van der Waals surface area contributed by atoms with Crippen LogP contribution in [0.4, 0.5) is 10.2 Å². The number of nitrogens with zero attached hydrogens (tertiary/aromatic N) is 4. The van der Waals surface area contributed by atoms with Gasteiger partial charge in [0.25, 0.3) is 0 Å². The summed E-state index contributed by atoms with van der Waals surface area (Å²) in [6.07, 6.45) is -5.44. The Kier molecular flexibility index (Phi) is 7.73. The zero-order valence-corrected chi connectivity index (χ0v) is 21.7. The van der Waals surface area contributed by atoms with Crippen molar-refractivity contribution in [1.29, 1.82) is 0 Å². The van der Waals surface area contributed by atoms with Gasteiger partial charge >= 0.3 is 25.8 Å². The zero-order chi connectivity index (χ0) is 28.0. The molecule has 4 rings (SSSR count). The number of hydrogen-bond donors (Lipinski definition) is 4. The highest BCUT2D eigenvalue weighted by Gasteiger charge is 2.79. The van der Waals surface area contributed by atoms with Crippen molar-refractivity contribution in [3.8, 4) is 0 Å². The number of esters is 2. The predicted molar refractivity (Wildman–Crippen MR) is 123 cm³/mol. The second-order valence-electron chi connectivity index (χ2n) is 9.19. The highest BCUT2D eigenvalue weighted by molar-refractivity contribution is 7.51. The van der Waals surface area contributed by atoms with Crippen LogP contribution in [0.25, 0.3) is 11.2 Å². The van der Waals surface area contributed by atoms with Crippen molar-refractivity contribution in [2.45, 2.75) is 56.5 Å². The molecule has 0 spiro atoms. The van der Waals surface area contributed by atoms with Crippen LogP contribution in [-0.2, 0) is 37.4 Å². The Morgan fingerprint density at radius 1 is 1.34 bits per heavy atom. The van der Waals surface area contributed by atoms with Gasteiger partial charge in [-0.1, -0.05) is 13.8 Å². The van der Waals surface area contributed by atoms with Crippen LogP contribution in [-0.4, -0.2) is 92.5 Å². The Morgan fingerprint density at radius 3 is 2.63 bits per heavy atom. The summed E-state index contributed by atoms with van der Waals surface area (Å²) in [5, 5.41) is 24.5. The Bertz CT molecular complexity index is 1280. The average Bonchev–Trinajstić information content (AvgIpc) is 3.11. The van der Waals surface area contributed by atoms with Gasteiger partial charge in [-0.05, 0) is 12.3 Å². The number of aliphatic hydroxyl groups is 2. The minimum absolute atomic E-state index is 0.0477. The Labute approximate surface area is 215 Å². The summed E-state index contributed by atoms with van der Waals surface area (Å²) in [4.78, 5) is 34.9. The minimum Gasteiger partial charge on any atom is -0.468 e. The standard InChI is InChI=1S/C20H28FN6O10P/c1-8(2)5-9(18(30)34-4)26-38(32,35-6-10(28)33-3)37-14-13-20(14,31)12(29)17(36-13)27-7-23-11-15(22)24-19(21)25-16(11)27/h7-9,12-14,17,29,31H,5-6H2,1-4H3,(H,26,32)(H2,22,24,25)/t9-,12+,13+,14?,17+,20-,38?/m0/s1. The van der Waals surface area contributed by atoms with Crippen LogP contribution >= 0.6 is 7.75 Å². The number of nitrogens with one attached hydrogen (secondary N) is 1. The van der Waals surface area contributed by atoms with Gasteiger partial charge in [-0.3, -0.25) is 18.4 Å². The molecular weight excluding hydrogens is 534 g/mol. The topological polar surface area (TPSA) is 219 Å². The number of hydrogen-bond acceptors (Lipinski definition) is 14. The lowest BCUT2D eigenvalue weighted by atomic mass is 10.1. The first-order chi connectivity index (χ1) is 17.8. The molecule has 2 unspecified atom stereocenters. The maximum Gasteiger partial charge on any atom is 0.407 e. The van der Waals surface area contributed by atoms with Gasteiger partial charge in [-0.15, -0.1) is 0 Å². The van der Waals surface area contributed by atoms with Gasteiger partial charge in [0.1, 0.15) is 24.4 Å². The van der Waals surface area contributed by atoms with Crippen LogP contribution in [0.1, 0.15) is 26.5 Å². The molecule has 5 N–H and O–H groups in total. The molecule has 0 aromatic carbocycles. The third-order valence-electron chi connectivity index (χ3n) is 6.14. The largest absolute Gasteiger partial charge is 0.468 e. The molecule has 3 heterocycles. The predicted octanol–water partition coefficient (Wildman–Crippen LogP) is -0.589. The first kappa shape index (κ1) is 28.2. The van der Waals surface area contributed by atoms with Gasteiger partial charge in [0.2, 0.25) is 0 Å². The number of imidazole rings is 1. The molecule has 38 heavy (non-hydrogen) atoms. The van der Waals surface area contributed by atoms with Crippen molar-refractivity contribution in [2.75, 3.05) is 26.6 Å². The van der Waals surface area contributed by atoms with Crippen LogP contribution in [0.15, 0.2) is 6.33 Å². The molecule has 2 fully saturated rings. The third-order valence-corrected chi connectivity index (χ3v) is 7.74. The highest BCUT2D eigenvalue weighted by atomic mass is 31.2. The van der Waals surface area contributed by atoms with E-state index in [1.807, 2.05) is 0 Å². The van der Waals surface area contributed by atoms with E-state index in [1.54, 1.807) is 13.8 Å². The summed E-state index contributed by atoms with van der Waals surface area (Å²) >= 11 is 0. The fourth-order valence-corrected chi connectivity index (χ4v) is 5.85. The van der Waals surface area contributed by atoms with Crippen LogP contribution in [0, 0.1) is 12.0 Å². The fourth-order valence-electron chi connectivity index (χ4n) is 4.21. The SMILES string of the molecule is COC(=O)COP(=O)(N[C@@H](CC(C)C)C(=O)OC)OC1[C@H]2O[C@@H](n3cnc4c(N)nc(F)nc43)[C@@H](O)[C@@]12O. The molecule has 0 bridgehead atoms. The molecule has 1 saturated heterocycles. The number of ether oxygens (including phenoxy) is 3. The maximum absolute atomic E-state index is 13.7. The lowest BCUT2D eigenvalue weighted by Gasteiger charge is -2.27. The third kappa shape index (κ3) is 5.10. The number of anilines is 1. The second-order valence-corrected chi connectivity index (χ2v) is 10.9. The van der Waals surface area contributed by atoms with Gasteiger partial charge in [0.15, 0.2) is 35.4 Å². The van der Waals surface area contributed by atoms with E-state index in [2.05, 4.69) is 24.8 Å². The molecule has 210 valence electrons. The van der Waals surface area contributed by atoms with Gasteiger partial charge in [0, 0.05) is 0 Å². The van der Waals surface area contributed by atoms with Gasteiger partial charge in [-0.2, -0.15) is 14.4 Å². The molecule has 2 aliphatic rings. The van der Waals surface area contributed by atoms with Crippen molar-refractivity contribution in [2.24, 2.45) is 5.92 Å². The molecule has 2 aromatic heterocycles. The van der Waals surface area contributed by atoms with E-state index in [-0.39, 0.29) is 29.3 Å². The van der Waals surface area contributed by atoms with E-state index in [1.165, 1.54) is 6.33 Å². The smallest absolute Gasteiger partial charge is 0.407 e. The number of carbonyl (C=O) groups excluding carboxylic acids is 2. The van der Waals surface area contributed by atoms with E-state index in [4.69, 9.17) is 24.3 Å². The fraction of sp³-hybridized carbons (Fsp3) is 0.650. The molecular formula is C20H28FN6O10P. The Balaban J connectivity index is 1.55. The molecule has 1 saturated carbocycles. The molecule has 2 aromatic rings. The maximum atomic E-state index is 13.7. The number of halogens is 1. The molecule has 18 heteroatoms. The number of aromatic nitrogens is 4. The number of rotatable bonds is 11. The van der Waals surface area contributed by atoms with E-state index in [0.717, 1.165) is 18.8 Å². The monoisotopic (exact) mass is 562 g/mol. The van der Waals surface area contributed by atoms with Gasteiger partial charge in [-0.25, -0.2) is 19.4 Å². The van der Waals surface area contributed by atoms with Gasteiger partial charge < -0.3 is 30.2 Å². The normalized spacial score (nSPS) is 28.6. The number of nitrogen functional groups attached to an aromatic ring is 1. The first-order valence-electron chi connectivity index (χ1n) is 11.4. The summed E-state index contributed by atoms with van der Waals surface area (Å²) in [5.74, 6) is -1.94. The molecule has 0 radical (unpaired) electrons. The van der Waals surface area contributed by atoms with Crippen molar-refractivity contribution in [3.63, 3.8) is 0 Å². The average molecular weight is 562 g/mol. The first-order valence-corrected chi connectivity index (χ1v) is 13.0. The summed E-state index contributed by atoms with van der Waals surface area (Å²) in [6.45, 7) is 2.80. The summed E-state index contributed by atoms with van der Waals surface area (Å²) in [6, 6.07) is -1.16. The van der Waals surface area contributed by atoms with Crippen LogP contribution < -0.4 is 10.8 Å². The number of methoxy groups -OCH3 is 2. The Hall–Kier alpha value is -2.79. The molecule has 16 nitrogen and oxygen atoms in total. The van der Waals surface area contributed by atoms with Crippen molar-refractivity contribution in [1.82, 2.24) is 24.6 Å². The van der Waals surface area contributed by atoms with Gasteiger partial charge in [0.05, 0.1) is 20.5 Å². The Morgan fingerprint density at radius 2 is 2.05 bits per heavy atom. The summed E-state index contributed by atoms with van der Waals surface area (Å²) < 4.78 is 54.2. The van der Waals surface area contributed by atoms with Crippen molar-refractivity contribution >= 4 is 36.7 Å². The lowest BCUT2D eigenvalue weighted by Crippen LogP contribution is -2.40. The minimum atomic E-state index is -4.52. The molecule has 1 aliphatic carbocycles. The number of fused-ring (bicyclic) bond motifs is 2. The number of carbonyl (C=O) groups is 2. The quantitative estimate of drug-likeness (QED) is 0.153. The molecule has 7 atom stereocenters. The van der Waals surface area contributed by atoms with Crippen LogP contribution in [0.5, 0.6) is 0 Å². The van der Waals surface area contributed by atoms with Crippen LogP contribution in [0.2, 0.25) is 0 Å². The number of nitrogens with two attached hydrogens (primary N) is 1. The van der Waals surface area contributed by atoms with Crippen LogP contribution in [0.3, 0.4) is 0 Å².